The lowest BCUT2D eigenvalue weighted by Gasteiger charge is -2.57. The van der Waals surface area contributed by atoms with Crippen molar-refractivity contribution in [2.24, 2.45) is 23.7 Å². The third kappa shape index (κ3) is 4.19. The minimum atomic E-state index is -1.38. The lowest BCUT2D eigenvalue weighted by Crippen LogP contribution is -2.71. The molecule has 4 aliphatic rings. The quantitative estimate of drug-likeness (QED) is 0.166. The molecule has 10 nitrogen and oxygen atoms in total. The van der Waals surface area contributed by atoms with E-state index in [1.54, 1.807) is 13.0 Å². The van der Waals surface area contributed by atoms with E-state index in [1.807, 2.05) is 33.8 Å². The summed E-state index contributed by atoms with van der Waals surface area (Å²) in [6, 6.07) is 0. The molecule has 1 amide bonds. The van der Waals surface area contributed by atoms with Gasteiger partial charge < -0.3 is 34.5 Å². The standard InChI is InChI=1S/C26H35NO9/c1-11(7-8-16(28)18-17(29)10-27-24(18)31)9-12(2)21-14(4)22-20(30)13(3)23-26(35-21,36-22)19(15(5)34-23)25(32)33-6/h7-9,12-15,19-23,28,30H,10H2,1-6H3,(H,27,31). The topological polar surface area (TPSA) is 141 Å². The van der Waals surface area contributed by atoms with Crippen LogP contribution in [0.15, 0.2) is 35.1 Å². The molecule has 10 unspecified atom stereocenters. The number of hydrogen-bond acceptors (Lipinski definition) is 9. The Bertz CT molecular complexity index is 1010. The summed E-state index contributed by atoms with van der Waals surface area (Å²) in [4.78, 5) is 36.3. The van der Waals surface area contributed by atoms with Crippen LogP contribution in [-0.2, 0) is 33.3 Å². The number of esters is 1. The maximum absolute atomic E-state index is 12.8. The molecule has 0 saturated carbocycles. The predicted molar refractivity (Wildman–Crippen MR) is 126 cm³/mol. The summed E-state index contributed by atoms with van der Waals surface area (Å²) in [5.41, 5.74) is 0.509. The number of allylic oxidation sites excluding steroid dienone is 3. The van der Waals surface area contributed by atoms with Crippen LogP contribution in [-0.4, -0.2) is 77.8 Å². The van der Waals surface area contributed by atoms with E-state index in [-0.39, 0.29) is 29.9 Å². The Kier molecular flexibility index (Phi) is 7.18. The molecule has 2 bridgehead atoms. The van der Waals surface area contributed by atoms with Gasteiger partial charge in [0.1, 0.15) is 23.4 Å². The Labute approximate surface area is 210 Å². The van der Waals surface area contributed by atoms with Crippen LogP contribution in [0.1, 0.15) is 34.6 Å². The van der Waals surface area contributed by atoms with Crippen molar-refractivity contribution in [2.45, 2.75) is 70.9 Å². The largest absolute Gasteiger partial charge is 0.507 e. The zero-order valence-electron chi connectivity index (χ0n) is 21.4. The number of fused-ring (bicyclic) bond motifs is 1. The molecule has 4 saturated heterocycles. The number of aliphatic hydroxyl groups excluding tert-OH is 2. The van der Waals surface area contributed by atoms with E-state index in [9.17, 15) is 24.6 Å². The van der Waals surface area contributed by atoms with Crippen LogP contribution in [0.5, 0.6) is 0 Å². The van der Waals surface area contributed by atoms with Crippen LogP contribution in [0.3, 0.4) is 0 Å². The molecule has 10 atom stereocenters. The van der Waals surface area contributed by atoms with Gasteiger partial charge in [0.25, 0.3) is 5.91 Å². The molecular formula is C26H35NO9. The molecule has 4 heterocycles. The average molecular weight is 506 g/mol. The molecule has 4 aliphatic heterocycles. The van der Waals surface area contributed by atoms with Crippen LogP contribution in [0.2, 0.25) is 0 Å². The number of rotatable bonds is 5. The molecule has 4 fully saturated rings. The monoisotopic (exact) mass is 505 g/mol. The summed E-state index contributed by atoms with van der Waals surface area (Å²) >= 11 is 0. The van der Waals surface area contributed by atoms with E-state index in [0.717, 1.165) is 5.57 Å². The second kappa shape index (κ2) is 9.74. The fourth-order valence-corrected chi connectivity index (χ4v) is 6.04. The third-order valence-corrected chi connectivity index (χ3v) is 7.87. The van der Waals surface area contributed by atoms with Gasteiger partial charge in [-0.15, -0.1) is 0 Å². The van der Waals surface area contributed by atoms with Gasteiger partial charge in [-0.2, -0.15) is 0 Å². The number of nitrogens with one attached hydrogen (secondary N) is 1. The summed E-state index contributed by atoms with van der Waals surface area (Å²) in [7, 11) is 1.31. The SMILES string of the molecule is COC(=O)C1C(C)OC2C(C)C(O)C3OC21OC(C(C)C=C(C)C=CC(O)=C1C(=O)CNC1=O)C3C. The smallest absolute Gasteiger partial charge is 0.316 e. The summed E-state index contributed by atoms with van der Waals surface area (Å²) in [5, 5.41) is 23.6. The van der Waals surface area contributed by atoms with E-state index in [4.69, 9.17) is 18.9 Å². The zero-order chi connectivity index (χ0) is 26.5. The van der Waals surface area contributed by atoms with E-state index in [0.29, 0.717) is 0 Å². The van der Waals surface area contributed by atoms with Gasteiger partial charge in [-0.25, -0.2) is 0 Å². The number of amides is 1. The molecule has 3 N–H and O–H groups in total. The van der Waals surface area contributed by atoms with Gasteiger partial charge in [-0.05, 0) is 19.9 Å². The van der Waals surface area contributed by atoms with Crippen LogP contribution >= 0.6 is 0 Å². The minimum absolute atomic E-state index is 0.125. The molecule has 0 radical (unpaired) electrons. The van der Waals surface area contributed by atoms with Crippen LogP contribution in [0.4, 0.5) is 0 Å². The number of ether oxygens (including phenoxy) is 4. The molecule has 0 aliphatic carbocycles. The van der Waals surface area contributed by atoms with Crippen LogP contribution in [0.25, 0.3) is 0 Å². The van der Waals surface area contributed by atoms with E-state index >= 15 is 0 Å². The summed E-state index contributed by atoms with van der Waals surface area (Å²) in [6.07, 6.45) is 1.90. The number of Topliss-reactive ketones (excluding diaryl/α,β-unsaturated/α-hetero) is 1. The molecule has 4 rings (SSSR count). The fourth-order valence-electron chi connectivity index (χ4n) is 6.04. The molecule has 36 heavy (non-hydrogen) atoms. The van der Waals surface area contributed by atoms with E-state index < -0.39 is 65.6 Å². The van der Waals surface area contributed by atoms with E-state index in [1.165, 1.54) is 13.2 Å². The Morgan fingerprint density at radius 2 is 1.89 bits per heavy atom. The van der Waals surface area contributed by atoms with Gasteiger partial charge in [-0.1, -0.05) is 38.5 Å². The van der Waals surface area contributed by atoms with Crippen LogP contribution < -0.4 is 5.32 Å². The number of methoxy groups -OCH3 is 1. The number of hydrogen-bond donors (Lipinski definition) is 3. The highest BCUT2D eigenvalue weighted by Gasteiger charge is 2.71. The normalized spacial score (nSPS) is 42.8. The Morgan fingerprint density at radius 3 is 2.50 bits per heavy atom. The second-order valence-electron chi connectivity index (χ2n) is 10.3. The van der Waals surface area contributed by atoms with Crippen molar-refractivity contribution in [3.05, 3.63) is 35.1 Å². The molecule has 10 heteroatoms. The average Bonchev–Trinajstić information content (AvgIpc) is 3.32. The molecule has 0 aromatic rings. The van der Waals surface area contributed by atoms with Crippen molar-refractivity contribution in [3.63, 3.8) is 0 Å². The van der Waals surface area contributed by atoms with Gasteiger partial charge >= 0.3 is 5.97 Å². The Morgan fingerprint density at radius 1 is 1.19 bits per heavy atom. The van der Waals surface area contributed by atoms with Gasteiger partial charge in [0.15, 0.2) is 5.78 Å². The van der Waals surface area contributed by atoms with Gasteiger partial charge in [0.2, 0.25) is 5.79 Å². The molecule has 198 valence electrons. The van der Waals surface area contributed by atoms with Crippen molar-refractivity contribution in [1.82, 2.24) is 5.32 Å². The predicted octanol–water partition coefficient (Wildman–Crippen LogP) is 1.34. The first-order chi connectivity index (χ1) is 16.9. The van der Waals surface area contributed by atoms with Gasteiger partial charge in [0, 0.05) is 17.8 Å². The lowest BCUT2D eigenvalue weighted by atomic mass is 9.73. The molecule has 0 aromatic carbocycles. The van der Waals surface area contributed by atoms with Crippen molar-refractivity contribution in [1.29, 1.82) is 0 Å². The maximum Gasteiger partial charge on any atom is 0.316 e. The maximum atomic E-state index is 12.8. The molecular weight excluding hydrogens is 470 g/mol. The number of carbonyl (C=O) groups is 3. The lowest BCUT2D eigenvalue weighted by molar-refractivity contribution is -0.405. The summed E-state index contributed by atoms with van der Waals surface area (Å²) in [5.74, 6) is -4.82. The van der Waals surface area contributed by atoms with Crippen LogP contribution in [0, 0.1) is 23.7 Å². The first-order valence-corrected chi connectivity index (χ1v) is 12.3. The second-order valence-corrected chi connectivity index (χ2v) is 10.3. The summed E-state index contributed by atoms with van der Waals surface area (Å²) in [6.45, 7) is 9.25. The Balaban J connectivity index is 1.61. The highest BCUT2D eigenvalue weighted by atomic mass is 16.8. The molecule has 1 spiro atoms. The van der Waals surface area contributed by atoms with Gasteiger partial charge in [-0.3, -0.25) is 14.4 Å². The van der Waals surface area contributed by atoms with Crippen molar-refractivity contribution >= 4 is 17.7 Å². The number of aliphatic hydroxyl groups is 2. The zero-order valence-corrected chi connectivity index (χ0v) is 21.4. The third-order valence-electron chi connectivity index (χ3n) is 7.87. The Hall–Kier alpha value is -2.53. The van der Waals surface area contributed by atoms with E-state index in [2.05, 4.69) is 5.32 Å². The van der Waals surface area contributed by atoms with Crippen molar-refractivity contribution in [3.8, 4) is 0 Å². The van der Waals surface area contributed by atoms with Gasteiger partial charge in [0.05, 0.1) is 38.1 Å². The minimum Gasteiger partial charge on any atom is -0.507 e. The highest BCUT2D eigenvalue weighted by Crippen LogP contribution is 2.54. The highest BCUT2D eigenvalue weighted by molar-refractivity contribution is 6.25. The van der Waals surface area contributed by atoms with Crippen molar-refractivity contribution in [2.75, 3.05) is 13.7 Å². The molecule has 0 aromatic heterocycles. The fraction of sp³-hybridized carbons (Fsp3) is 0.654. The number of carbonyl (C=O) groups excluding carboxylic acids is 3. The first-order valence-electron chi connectivity index (χ1n) is 12.3. The summed E-state index contributed by atoms with van der Waals surface area (Å²) < 4.78 is 24.1. The van der Waals surface area contributed by atoms with Crippen molar-refractivity contribution < 1.29 is 43.5 Å². The first kappa shape index (κ1) is 26.5. The number of ketones is 1.